The van der Waals surface area contributed by atoms with Crippen molar-refractivity contribution >= 4 is 22.6 Å². The zero-order valence-corrected chi connectivity index (χ0v) is 9.45. The first-order chi connectivity index (χ1) is 8.00. The Labute approximate surface area is 97.0 Å². The Hall–Kier alpha value is -2.17. The van der Waals surface area contributed by atoms with Gasteiger partial charge in [0.2, 0.25) is 0 Å². The summed E-state index contributed by atoms with van der Waals surface area (Å²) >= 11 is 0. The normalized spacial score (nSPS) is 10.5. The van der Waals surface area contributed by atoms with Gasteiger partial charge in [0.1, 0.15) is 5.82 Å². The molecule has 0 radical (unpaired) electrons. The van der Waals surface area contributed by atoms with Crippen molar-refractivity contribution < 1.29 is 14.0 Å². The second-order valence-corrected chi connectivity index (χ2v) is 3.92. The number of carbonyl (C=O) groups excluding carboxylic acids is 2. The van der Waals surface area contributed by atoms with Gasteiger partial charge in [0.25, 0.3) is 11.7 Å². The van der Waals surface area contributed by atoms with Crippen LogP contribution < -0.4 is 0 Å². The van der Waals surface area contributed by atoms with E-state index in [1.54, 1.807) is 0 Å². The molecule has 0 fully saturated rings. The van der Waals surface area contributed by atoms with E-state index in [2.05, 4.69) is 4.98 Å². The summed E-state index contributed by atoms with van der Waals surface area (Å²) in [7, 11) is 2.99. The third-order valence-electron chi connectivity index (χ3n) is 2.49. The molecule has 2 rings (SSSR count). The number of likely N-dealkylation sites (N-methyl/N-ethyl adjacent to an activating group) is 1. The lowest BCUT2D eigenvalue weighted by Crippen LogP contribution is -2.29. The molecule has 1 heterocycles. The minimum Gasteiger partial charge on any atom is -0.360 e. The van der Waals surface area contributed by atoms with Crippen LogP contribution in [0.3, 0.4) is 0 Å². The van der Waals surface area contributed by atoms with Gasteiger partial charge in [-0.05, 0) is 18.2 Å². The number of fused-ring (bicyclic) bond motifs is 1. The fourth-order valence-corrected chi connectivity index (χ4v) is 1.60. The topological polar surface area (TPSA) is 53.2 Å². The van der Waals surface area contributed by atoms with Gasteiger partial charge in [-0.2, -0.15) is 0 Å². The lowest BCUT2D eigenvalue weighted by atomic mass is 10.1. The molecule has 0 aliphatic rings. The first-order valence-corrected chi connectivity index (χ1v) is 5.03. The van der Waals surface area contributed by atoms with Crippen molar-refractivity contribution in [3.63, 3.8) is 0 Å². The molecule has 0 aliphatic heterocycles. The number of amides is 1. The van der Waals surface area contributed by atoms with Gasteiger partial charge in [-0.25, -0.2) is 4.39 Å². The lowest BCUT2D eigenvalue weighted by Gasteiger charge is -2.07. The smallest absolute Gasteiger partial charge is 0.294 e. The Morgan fingerprint density at radius 1 is 1.29 bits per heavy atom. The number of aromatic amines is 1. The van der Waals surface area contributed by atoms with Gasteiger partial charge in [-0.3, -0.25) is 9.59 Å². The minimum absolute atomic E-state index is 0.193. The molecule has 0 spiro atoms. The Morgan fingerprint density at radius 3 is 2.65 bits per heavy atom. The summed E-state index contributed by atoms with van der Waals surface area (Å²) in [6, 6.07) is 4.06. The van der Waals surface area contributed by atoms with Crippen LogP contribution in [0.15, 0.2) is 24.4 Å². The van der Waals surface area contributed by atoms with E-state index in [1.165, 1.54) is 43.4 Å². The molecule has 0 bridgehead atoms. The molecule has 0 atom stereocenters. The number of H-pyrrole nitrogens is 1. The number of hydrogen-bond acceptors (Lipinski definition) is 2. The second kappa shape index (κ2) is 4.01. The van der Waals surface area contributed by atoms with Gasteiger partial charge in [-0.15, -0.1) is 0 Å². The number of aromatic nitrogens is 1. The van der Waals surface area contributed by atoms with Crippen molar-refractivity contribution in [2.24, 2.45) is 0 Å². The summed E-state index contributed by atoms with van der Waals surface area (Å²) in [6.45, 7) is 0. The molecule has 1 amide bonds. The third kappa shape index (κ3) is 1.91. The zero-order chi connectivity index (χ0) is 12.6. The quantitative estimate of drug-likeness (QED) is 0.633. The number of nitrogens with one attached hydrogen (secondary N) is 1. The predicted octanol–water partition coefficient (Wildman–Crippen LogP) is 1.58. The fourth-order valence-electron chi connectivity index (χ4n) is 1.60. The van der Waals surface area contributed by atoms with E-state index in [0.717, 1.165) is 0 Å². The average Bonchev–Trinajstić information content (AvgIpc) is 2.69. The highest BCUT2D eigenvalue weighted by molar-refractivity contribution is 6.44. The van der Waals surface area contributed by atoms with Gasteiger partial charge in [0.05, 0.1) is 5.56 Å². The van der Waals surface area contributed by atoms with Crippen LogP contribution in [0.25, 0.3) is 10.9 Å². The highest BCUT2D eigenvalue weighted by Crippen LogP contribution is 2.20. The first-order valence-electron chi connectivity index (χ1n) is 5.03. The van der Waals surface area contributed by atoms with Gasteiger partial charge < -0.3 is 9.88 Å². The molecule has 0 saturated carbocycles. The van der Waals surface area contributed by atoms with Gasteiger partial charge in [0.15, 0.2) is 0 Å². The van der Waals surface area contributed by atoms with Crippen molar-refractivity contribution in [1.29, 1.82) is 0 Å². The maximum Gasteiger partial charge on any atom is 0.294 e. The van der Waals surface area contributed by atoms with Crippen LogP contribution in [0.1, 0.15) is 10.4 Å². The predicted molar refractivity (Wildman–Crippen MR) is 61.3 cm³/mol. The van der Waals surface area contributed by atoms with Gasteiger partial charge >= 0.3 is 0 Å². The molecule has 0 aliphatic carbocycles. The van der Waals surface area contributed by atoms with Crippen LogP contribution in [0, 0.1) is 5.82 Å². The summed E-state index contributed by atoms with van der Waals surface area (Å²) in [5.74, 6) is -1.72. The van der Waals surface area contributed by atoms with Gasteiger partial charge in [-0.1, -0.05) is 0 Å². The number of rotatable bonds is 2. The van der Waals surface area contributed by atoms with E-state index >= 15 is 0 Å². The minimum atomic E-state index is -0.646. The third-order valence-corrected chi connectivity index (χ3v) is 2.49. The maximum atomic E-state index is 13.1. The summed E-state index contributed by atoms with van der Waals surface area (Å²) in [5.41, 5.74) is 0.819. The fraction of sp³-hybridized carbons (Fsp3) is 0.167. The number of benzene rings is 1. The van der Waals surface area contributed by atoms with E-state index in [9.17, 15) is 14.0 Å². The largest absolute Gasteiger partial charge is 0.360 e. The van der Waals surface area contributed by atoms with E-state index in [-0.39, 0.29) is 5.56 Å². The van der Waals surface area contributed by atoms with Gasteiger partial charge in [0, 0.05) is 31.2 Å². The van der Waals surface area contributed by atoms with Crippen molar-refractivity contribution in [2.45, 2.75) is 0 Å². The molecule has 0 saturated heterocycles. The monoisotopic (exact) mass is 234 g/mol. The average molecular weight is 234 g/mol. The SMILES string of the molecule is CN(C)C(=O)C(=O)c1c[nH]c2ccc(F)cc12. The number of hydrogen-bond donors (Lipinski definition) is 1. The number of halogens is 1. The molecule has 4 nitrogen and oxygen atoms in total. The van der Waals surface area contributed by atoms with Crippen LogP contribution in [0.2, 0.25) is 0 Å². The molecule has 1 aromatic heterocycles. The number of nitrogens with zero attached hydrogens (tertiary/aromatic N) is 1. The number of ketones is 1. The molecular weight excluding hydrogens is 223 g/mol. The second-order valence-electron chi connectivity index (χ2n) is 3.92. The molecular formula is C12H11FN2O2. The molecule has 5 heteroatoms. The highest BCUT2D eigenvalue weighted by atomic mass is 19.1. The summed E-state index contributed by atoms with van der Waals surface area (Å²) in [5, 5.41) is 0.421. The molecule has 1 aromatic carbocycles. The van der Waals surface area contributed by atoms with Crippen molar-refractivity contribution in [2.75, 3.05) is 14.1 Å². The Balaban J connectivity index is 2.53. The number of carbonyl (C=O) groups is 2. The standard InChI is InChI=1S/C12H11FN2O2/c1-15(2)12(17)11(16)9-6-14-10-4-3-7(13)5-8(9)10/h3-6,14H,1-2H3. The lowest BCUT2D eigenvalue weighted by molar-refractivity contribution is -0.124. The Bertz CT molecular complexity index is 602. The Kier molecular flexibility index (Phi) is 2.67. The van der Waals surface area contributed by atoms with E-state index in [0.29, 0.717) is 10.9 Å². The summed E-state index contributed by atoms with van der Waals surface area (Å²) in [6.07, 6.45) is 1.42. The Morgan fingerprint density at radius 2 is 2.00 bits per heavy atom. The summed E-state index contributed by atoms with van der Waals surface area (Å²) < 4.78 is 13.1. The van der Waals surface area contributed by atoms with Crippen molar-refractivity contribution in [3.8, 4) is 0 Å². The zero-order valence-electron chi connectivity index (χ0n) is 9.45. The van der Waals surface area contributed by atoms with Crippen LogP contribution in [0.4, 0.5) is 4.39 Å². The van der Waals surface area contributed by atoms with E-state index < -0.39 is 17.5 Å². The van der Waals surface area contributed by atoms with Crippen LogP contribution >= 0.6 is 0 Å². The summed E-state index contributed by atoms with van der Waals surface area (Å²) in [4.78, 5) is 27.4. The van der Waals surface area contributed by atoms with Crippen molar-refractivity contribution in [1.82, 2.24) is 9.88 Å². The maximum absolute atomic E-state index is 13.1. The number of Topliss-reactive ketones (excluding diaryl/α,β-unsaturated/α-hetero) is 1. The van der Waals surface area contributed by atoms with Crippen LogP contribution in [-0.4, -0.2) is 35.7 Å². The molecule has 1 N–H and O–H groups in total. The molecule has 88 valence electrons. The van der Waals surface area contributed by atoms with E-state index in [1.807, 2.05) is 0 Å². The first kappa shape index (κ1) is 11.3. The highest BCUT2D eigenvalue weighted by Gasteiger charge is 2.21. The molecule has 17 heavy (non-hydrogen) atoms. The van der Waals surface area contributed by atoms with Crippen LogP contribution in [0.5, 0.6) is 0 Å². The van der Waals surface area contributed by atoms with E-state index in [4.69, 9.17) is 0 Å². The molecule has 2 aromatic rings. The van der Waals surface area contributed by atoms with Crippen LogP contribution in [-0.2, 0) is 4.79 Å². The van der Waals surface area contributed by atoms with Crippen molar-refractivity contribution in [3.05, 3.63) is 35.8 Å². The molecule has 0 unspecified atom stereocenters.